The van der Waals surface area contributed by atoms with E-state index in [1.165, 1.54) is 20.1 Å². The number of hydrogen-bond acceptors (Lipinski definition) is 7. The molecule has 0 bridgehead atoms. The standard InChI is InChI=1S/C18H21BrN2O6/c1-5-6-25-16-13(19)8-12(9-14(16)24-4)18(23)26-11(3)17(22)20-15-7-10(2)21-27-15/h7-9,11H,5-6H2,1-4H3,(H,20,22). The van der Waals surface area contributed by atoms with Gasteiger partial charge in [0.05, 0.1) is 29.4 Å². The minimum atomic E-state index is -1.04. The van der Waals surface area contributed by atoms with Crippen LogP contribution in [0.1, 0.15) is 36.3 Å². The predicted octanol–water partition coefficient (Wildman–Crippen LogP) is 3.73. The first-order valence-electron chi connectivity index (χ1n) is 8.31. The van der Waals surface area contributed by atoms with Gasteiger partial charge in [0.2, 0.25) is 5.88 Å². The third-order valence-corrected chi connectivity index (χ3v) is 4.03. The third-order valence-electron chi connectivity index (χ3n) is 3.44. The molecule has 0 spiro atoms. The fraction of sp³-hybridized carbons (Fsp3) is 0.389. The van der Waals surface area contributed by atoms with E-state index in [0.29, 0.717) is 28.3 Å². The minimum absolute atomic E-state index is 0.183. The van der Waals surface area contributed by atoms with Crippen LogP contribution in [0.3, 0.4) is 0 Å². The van der Waals surface area contributed by atoms with Crippen molar-refractivity contribution in [3.63, 3.8) is 0 Å². The first-order chi connectivity index (χ1) is 12.8. The van der Waals surface area contributed by atoms with Crippen molar-refractivity contribution in [3.8, 4) is 11.5 Å². The van der Waals surface area contributed by atoms with Crippen molar-refractivity contribution in [1.82, 2.24) is 5.16 Å². The van der Waals surface area contributed by atoms with Crippen LogP contribution in [-0.4, -0.2) is 36.9 Å². The molecule has 0 radical (unpaired) electrons. The maximum atomic E-state index is 12.4. The van der Waals surface area contributed by atoms with Gasteiger partial charge in [0.1, 0.15) is 0 Å². The highest BCUT2D eigenvalue weighted by atomic mass is 79.9. The Morgan fingerprint density at radius 2 is 2.07 bits per heavy atom. The Morgan fingerprint density at radius 1 is 1.33 bits per heavy atom. The number of rotatable bonds is 8. The molecule has 9 heteroatoms. The molecule has 27 heavy (non-hydrogen) atoms. The summed E-state index contributed by atoms with van der Waals surface area (Å²) in [4.78, 5) is 24.5. The van der Waals surface area contributed by atoms with E-state index in [1.54, 1.807) is 19.1 Å². The number of anilines is 1. The van der Waals surface area contributed by atoms with Crippen LogP contribution < -0.4 is 14.8 Å². The van der Waals surface area contributed by atoms with Crippen molar-refractivity contribution in [2.24, 2.45) is 0 Å². The number of aryl methyl sites for hydroxylation is 1. The van der Waals surface area contributed by atoms with E-state index in [9.17, 15) is 9.59 Å². The van der Waals surface area contributed by atoms with Crippen molar-refractivity contribution >= 4 is 33.7 Å². The fourth-order valence-corrected chi connectivity index (χ4v) is 2.67. The normalized spacial score (nSPS) is 11.6. The average Bonchev–Trinajstić information content (AvgIpc) is 3.04. The zero-order chi connectivity index (χ0) is 20.0. The van der Waals surface area contributed by atoms with Gasteiger partial charge in [0.15, 0.2) is 17.6 Å². The summed E-state index contributed by atoms with van der Waals surface area (Å²) in [5.74, 6) is -0.135. The summed E-state index contributed by atoms with van der Waals surface area (Å²) in [6.45, 7) is 5.68. The van der Waals surface area contributed by atoms with Gasteiger partial charge in [0.25, 0.3) is 5.91 Å². The topological polar surface area (TPSA) is 99.9 Å². The number of amides is 1. The van der Waals surface area contributed by atoms with Gasteiger partial charge in [-0.05, 0) is 48.3 Å². The summed E-state index contributed by atoms with van der Waals surface area (Å²) < 4.78 is 21.6. The van der Waals surface area contributed by atoms with Gasteiger partial charge in [-0.3, -0.25) is 10.1 Å². The second-order valence-corrected chi connectivity index (χ2v) is 6.56. The molecule has 8 nitrogen and oxygen atoms in total. The van der Waals surface area contributed by atoms with E-state index in [2.05, 4.69) is 26.4 Å². The smallest absolute Gasteiger partial charge is 0.339 e. The fourth-order valence-electron chi connectivity index (χ4n) is 2.11. The zero-order valence-electron chi connectivity index (χ0n) is 15.5. The van der Waals surface area contributed by atoms with Gasteiger partial charge < -0.3 is 18.7 Å². The molecule has 1 unspecified atom stereocenters. The molecule has 1 atom stereocenters. The first-order valence-corrected chi connectivity index (χ1v) is 9.10. The summed E-state index contributed by atoms with van der Waals surface area (Å²) >= 11 is 3.37. The summed E-state index contributed by atoms with van der Waals surface area (Å²) in [6, 6.07) is 4.62. The van der Waals surface area contributed by atoms with Crippen molar-refractivity contribution < 1.29 is 28.3 Å². The Morgan fingerprint density at radius 3 is 2.67 bits per heavy atom. The highest BCUT2D eigenvalue weighted by Crippen LogP contribution is 2.37. The molecule has 0 fully saturated rings. The largest absolute Gasteiger partial charge is 0.493 e. The number of hydrogen-bond donors (Lipinski definition) is 1. The van der Waals surface area contributed by atoms with Crippen molar-refractivity contribution in [2.45, 2.75) is 33.3 Å². The van der Waals surface area contributed by atoms with E-state index in [0.717, 1.165) is 6.42 Å². The summed E-state index contributed by atoms with van der Waals surface area (Å²) in [7, 11) is 1.48. The maximum absolute atomic E-state index is 12.4. The summed E-state index contributed by atoms with van der Waals surface area (Å²) in [5.41, 5.74) is 0.843. The van der Waals surface area contributed by atoms with Crippen LogP contribution in [0, 0.1) is 6.92 Å². The van der Waals surface area contributed by atoms with Crippen LogP contribution in [0.2, 0.25) is 0 Å². The molecular formula is C18H21BrN2O6. The Hall–Kier alpha value is -2.55. The highest BCUT2D eigenvalue weighted by Gasteiger charge is 2.22. The molecule has 1 aromatic carbocycles. The monoisotopic (exact) mass is 440 g/mol. The number of methoxy groups -OCH3 is 1. The Kier molecular flexibility index (Phi) is 7.23. The quantitative estimate of drug-likeness (QED) is 0.624. The number of esters is 1. The van der Waals surface area contributed by atoms with E-state index in [1.807, 2.05) is 6.92 Å². The van der Waals surface area contributed by atoms with E-state index in [-0.39, 0.29) is 11.4 Å². The van der Waals surface area contributed by atoms with Crippen LogP contribution >= 0.6 is 15.9 Å². The lowest BCUT2D eigenvalue weighted by atomic mass is 10.2. The van der Waals surface area contributed by atoms with Crippen LogP contribution in [0.4, 0.5) is 5.88 Å². The number of carbonyl (C=O) groups excluding carboxylic acids is 2. The van der Waals surface area contributed by atoms with E-state index in [4.69, 9.17) is 18.7 Å². The lowest BCUT2D eigenvalue weighted by molar-refractivity contribution is -0.123. The van der Waals surface area contributed by atoms with Gasteiger partial charge in [0, 0.05) is 6.07 Å². The average molecular weight is 441 g/mol. The lowest BCUT2D eigenvalue weighted by Gasteiger charge is -2.15. The molecule has 0 aliphatic rings. The number of carbonyl (C=O) groups is 2. The second kappa shape index (κ2) is 9.40. The van der Waals surface area contributed by atoms with Crippen LogP contribution in [0.5, 0.6) is 11.5 Å². The molecule has 0 saturated carbocycles. The van der Waals surface area contributed by atoms with E-state index >= 15 is 0 Å². The minimum Gasteiger partial charge on any atom is -0.493 e. The molecule has 1 heterocycles. The molecule has 146 valence electrons. The highest BCUT2D eigenvalue weighted by molar-refractivity contribution is 9.10. The van der Waals surface area contributed by atoms with Gasteiger partial charge in [-0.1, -0.05) is 12.1 Å². The third kappa shape index (κ3) is 5.46. The maximum Gasteiger partial charge on any atom is 0.339 e. The predicted molar refractivity (Wildman–Crippen MR) is 101 cm³/mol. The molecule has 1 amide bonds. The number of nitrogens with one attached hydrogen (secondary N) is 1. The molecule has 0 aliphatic heterocycles. The van der Waals surface area contributed by atoms with Gasteiger partial charge in [-0.15, -0.1) is 0 Å². The molecule has 2 aromatic rings. The second-order valence-electron chi connectivity index (χ2n) is 5.71. The first kappa shape index (κ1) is 20.8. The van der Waals surface area contributed by atoms with Crippen molar-refractivity contribution in [3.05, 3.63) is 33.9 Å². The summed E-state index contributed by atoms with van der Waals surface area (Å²) in [5, 5.41) is 6.15. The van der Waals surface area contributed by atoms with Crippen LogP contribution in [0.15, 0.2) is 27.2 Å². The van der Waals surface area contributed by atoms with Gasteiger partial charge in [-0.25, -0.2) is 4.79 Å². The van der Waals surface area contributed by atoms with Gasteiger partial charge in [-0.2, -0.15) is 0 Å². The molecule has 1 N–H and O–H groups in total. The van der Waals surface area contributed by atoms with Gasteiger partial charge >= 0.3 is 5.97 Å². The number of nitrogens with zero attached hydrogens (tertiary/aromatic N) is 1. The molecule has 2 rings (SSSR count). The molecular weight excluding hydrogens is 420 g/mol. The number of benzene rings is 1. The number of ether oxygens (including phenoxy) is 3. The molecule has 0 saturated heterocycles. The molecule has 0 aliphatic carbocycles. The Balaban J connectivity index is 2.07. The molecule has 1 aromatic heterocycles. The summed E-state index contributed by atoms with van der Waals surface area (Å²) in [6.07, 6.45) is -0.208. The SMILES string of the molecule is CCCOc1c(Br)cc(C(=O)OC(C)C(=O)Nc2cc(C)no2)cc1OC. The van der Waals surface area contributed by atoms with Crippen LogP contribution in [-0.2, 0) is 9.53 Å². The Bertz CT molecular complexity index is 820. The van der Waals surface area contributed by atoms with Crippen molar-refractivity contribution in [2.75, 3.05) is 19.0 Å². The number of halogens is 1. The Labute approximate surface area is 165 Å². The lowest BCUT2D eigenvalue weighted by Crippen LogP contribution is -2.29. The van der Waals surface area contributed by atoms with Crippen molar-refractivity contribution in [1.29, 1.82) is 0 Å². The van der Waals surface area contributed by atoms with Crippen LogP contribution in [0.25, 0.3) is 0 Å². The zero-order valence-corrected chi connectivity index (χ0v) is 17.1. The number of aromatic nitrogens is 1. The van der Waals surface area contributed by atoms with E-state index < -0.39 is 18.0 Å².